The van der Waals surface area contributed by atoms with Crippen molar-refractivity contribution in [3.05, 3.63) is 18.0 Å². The molecule has 0 aliphatic carbocycles. The highest BCUT2D eigenvalue weighted by Crippen LogP contribution is 2.12. The van der Waals surface area contributed by atoms with E-state index in [4.69, 9.17) is 0 Å². The highest BCUT2D eigenvalue weighted by Gasteiger charge is 2.23. The van der Waals surface area contributed by atoms with E-state index in [1.807, 2.05) is 22.6 Å². The molecule has 1 aromatic rings. The molecule has 1 aliphatic heterocycles. The number of carbonyl (C=O) groups is 1. The summed E-state index contributed by atoms with van der Waals surface area (Å²) in [5.41, 5.74) is 0.730. The summed E-state index contributed by atoms with van der Waals surface area (Å²) in [6, 6.07) is -0.0296. The zero-order valence-corrected chi connectivity index (χ0v) is 10.3. The van der Waals surface area contributed by atoms with Crippen molar-refractivity contribution in [3.8, 4) is 0 Å². The zero-order valence-electron chi connectivity index (χ0n) is 9.48. The van der Waals surface area contributed by atoms with Gasteiger partial charge in [0.15, 0.2) is 5.78 Å². The van der Waals surface area contributed by atoms with Crippen molar-refractivity contribution in [1.82, 2.24) is 15.1 Å². The molecule has 1 unspecified atom stereocenters. The molecule has 0 spiro atoms. The van der Waals surface area contributed by atoms with Crippen molar-refractivity contribution in [2.75, 3.05) is 18.1 Å². The topological polar surface area (TPSA) is 46.9 Å². The lowest BCUT2D eigenvalue weighted by Gasteiger charge is -2.21. The van der Waals surface area contributed by atoms with Gasteiger partial charge < -0.3 is 5.32 Å². The van der Waals surface area contributed by atoms with Gasteiger partial charge in [-0.3, -0.25) is 9.48 Å². The molecule has 0 aromatic carbocycles. The van der Waals surface area contributed by atoms with Crippen LogP contribution in [0.4, 0.5) is 0 Å². The molecule has 0 amide bonds. The summed E-state index contributed by atoms with van der Waals surface area (Å²) >= 11 is 1.83. The molecular formula is C11H17N3OS. The fourth-order valence-corrected chi connectivity index (χ4v) is 2.71. The van der Waals surface area contributed by atoms with Gasteiger partial charge in [0.2, 0.25) is 0 Å². The number of hydrogen-bond acceptors (Lipinski definition) is 4. The van der Waals surface area contributed by atoms with Gasteiger partial charge >= 0.3 is 0 Å². The van der Waals surface area contributed by atoms with Crippen LogP contribution in [0.3, 0.4) is 0 Å². The van der Waals surface area contributed by atoms with E-state index in [2.05, 4.69) is 17.3 Å². The van der Waals surface area contributed by atoms with E-state index in [0.717, 1.165) is 36.6 Å². The van der Waals surface area contributed by atoms with Crippen molar-refractivity contribution in [2.24, 2.45) is 0 Å². The van der Waals surface area contributed by atoms with E-state index in [1.54, 1.807) is 6.20 Å². The molecule has 2 heterocycles. The van der Waals surface area contributed by atoms with Crippen LogP contribution in [0.2, 0.25) is 0 Å². The Bertz CT molecular complexity index is 358. The zero-order chi connectivity index (χ0) is 11.4. The first kappa shape index (κ1) is 11.7. The number of nitrogens with one attached hydrogen (secondary N) is 1. The number of carbonyl (C=O) groups excluding carboxylic acids is 1. The predicted octanol–water partition coefficient (Wildman–Crippen LogP) is 1.18. The SMILES string of the molecule is CCCn1cc(C(=O)C2CSCCN2)cn1. The molecule has 1 aromatic heterocycles. The summed E-state index contributed by atoms with van der Waals surface area (Å²) in [7, 11) is 0. The lowest BCUT2D eigenvalue weighted by atomic mass is 10.1. The second kappa shape index (κ2) is 5.50. The number of nitrogens with zero attached hydrogens (tertiary/aromatic N) is 2. The summed E-state index contributed by atoms with van der Waals surface area (Å²) in [4.78, 5) is 12.1. The highest BCUT2D eigenvalue weighted by molar-refractivity contribution is 7.99. The molecule has 1 saturated heterocycles. The molecule has 1 N–H and O–H groups in total. The number of ketones is 1. The summed E-state index contributed by atoms with van der Waals surface area (Å²) in [6.07, 6.45) is 4.57. The summed E-state index contributed by atoms with van der Waals surface area (Å²) in [5, 5.41) is 7.43. The molecule has 0 bridgehead atoms. The molecule has 2 rings (SSSR count). The minimum absolute atomic E-state index is 0.0296. The van der Waals surface area contributed by atoms with Gasteiger partial charge in [-0.15, -0.1) is 0 Å². The Morgan fingerprint density at radius 3 is 3.31 bits per heavy atom. The van der Waals surface area contributed by atoms with Crippen LogP contribution in [-0.4, -0.2) is 39.7 Å². The molecule has 0 radical (unpaired) electrons. The van der Waals surface area contributed by atoms with Gasteiger partial charge in [-0.05, 0) is 6.42 Å². The van der Waals surface area contributed by atoms with Crippen molar-refractivity contribution in [3.63, 3.8) is 0 Å². The van der Waals surface area contributed by atoms with E-state index in [9.17, 15) is 4.79 Å². The number of aryl methyl sites for hydroxylation is 1. The summed E-state index contributed by atoms with van der Waals surface area (Å²) in [6.45, 7) is 3.90. The number of hydrogen-bond donors (Lipinski definition) is 1. The molecule has 0 saturated carbocycles. The molecule has 1 fully saturated rings. The second-order valence-electron chi connectivity index (χ2n) is 3.94. The first-order chi connectivity index (χ1) is 7.81. The standard InChI is InChI=1S/C11H17N3OS/c1-2-4-14-7-9(6-13-14)11(15)10-8-16-5-3-12-10/h6-7,10,12H,2-5,8H2,1H3. The van der Waals surface area contributed by atoms with E-state index >= 15 is 0 Å². The van der Waals surface area contributed by atoms with Crippen LogP contribution in [0.1, 0.15) is 23.7 Å². The number of thioether (sulfide) groups is 1. The first-order valence-electron chi connectivity index (χ1n) is 5.69. The summed E-state index contributed by atoms with van der Waals surface area (Å²) in [5.74, 6) is 2.14. The third-order valence-electron chi connectivity index (χ3n) is 2.61. The van der Waals surface area contributed by atoms with Crippen molar-refractivity contribution in [1.29, 1.82) is 0 Å². The highest BCUT2D eigenvalue weighted by atomic mass is 32.2. The Hall–Kier alpha value is -0.810. The second-order valence-corrected chi connectivity index (χ2v) is 5.09. The van der Waals surface area contributed by atoms with Crippen LogP contribution in [-0.2, 0) is 6.54 Å². The molecule has 16 heavy (non-hydrogen) atoms. The fourth-order valence-electron chi connectivity index (χ4n) is 1.78. The Balaban J connectivity index is 2.01. The van der Waals surface area contributed by atoms with Gasteiger partial charge in [0.05, 0.1) is 17.8 Å². The molecule has 4 nitrogen and oxygen atoms in total. The van der Waals surface area contributed by atoms with E-state index in [1.165, 1.54) is 0 Å². The quantitative estimate of drug-likeness (QED) is 0.802. The maximum atomic E-state index is 12.1. The normalized spacial score (nSPS) is 20.9. The first-order valence-corrected chi connectivity index (χ1v) is 6.84. The Morgan fingerprint density at radius 1 is 1.75 bits per heavy atom. The maximum absolute atomic E-state index is 12.1. The minimum atomic E-state index is -0.0296. The Kier molecular flexibility index (Phi) is 4.01. The fraction of sp³-hybridized carbons (Fsp3) is 0.636. The molecule has 88 valence electrons. The number of Topliss-reactive ketones (excluding diaryl/α,β-unsaturated/α-hetero) is 1. The van der Waals surface area contributed by atoms with Gasteiger partial charge in [0.25, 0.3) is 0 Å². The van der Waals surface area contributed by atoms with Crippen molar-refractivity contribution in [2.45, 2.75) is 25.9 Å². The van der Waals surface area contributed by atoms with Gasteiger partial charge in [-0.2, -0.15) is 16.9 Å². The Labute approximate surface area is 99.8 Å². The van der Waals surface area contributed by atoms with Crippen LogP contribution in [0.15, 0.2) is 12.4 Å². The lowest BCUT2D eigenvalue weighted by Crippen LogP contribution is -2.43. The van der Waals surface area contributed by atoms with Gasteiger partial charge in [-0.25, -0.2) is 0 Å². The molecule has 5 heteroatoms. The maximum Gasteiger partial charge on any atom is 0.183 e. The number of aromatic nitrogens is 2. The van der Waals surface area contributed by atoms with Crippen LogP contribution < -0.4 is 5.32 Å². The van der Waals surface area contributed by atoms with E-state index in [-0.39, 0.29) is 11.8 Å². The molecular weight excluding hydrogens is 222 g/mol. The molecule has 1 aliphatic rings. The van der Waals surface area contributed by atoms with Crippen LogP contribution in [0, 0.1) is 0 Å². The van der Waals surface area contributed by atoms with Crippen LogP contribution in [0.5, 0.6) is 0 Å². The molecule has 1 atom stereocenters. The lowest BCUT2D eigenvalue weighted by molar-refractivity contribution is 0.0953. The van der Waals surface area contributed by atoms with Crippen LogP contribution in [0.25, 0.3) is 0 Å². The van der Waals surface area contributed by atoms with Gasteiger partial charge in [0, 0.05) is 30.8 Å². The van der Waals surface area contributed by atoms with Crippen molar-refractivity contribution < 1.29 is 4.79 Å². The van der Waals surface area contributed by atoms with Crippen molar-refractivity contribution >= 4 is 17.5 Å². The predicted molar refractivity (Wildman–Crippen MR) is 66.0 cm³/mol. The largest absolute Gasteiger partial charge is 0.306 e. The monoisotopic (exact) mass is 239 g/mol. The average Bonchev–Trinajstić information content (AvgIpc) is 2.78. The van der Waals surface area contributed by atoms with Crippen LogP contribution >= 0.6 is 11.8 Å². The van der Waals surface area contributed by atoms with E-state index < -0.39 is 0 Å². The number of rotatable bonds is 4. The third-order valence-corrected chi connectivity index (χ3v) is 3.67. The minimum Gasteiger partial charge on any atom is -0.306 e. The van der Waals surface area contributed by atoms with Gasteiger partial charge in [-0.1, -0.05) is 6.92 Å². The Morgan fingerprint density at radius 2 is 2.62 bits per heavy atom. The average molecular weight is 239 g/mol. The summed E-state index contributed by atoms with van der Waals surface area (Å²) < 4.78 is 1.84. The smallest absolute Gasteiger partial charge is 0.183 e. The van der Waals surface area contributed by atoms with Gasteiger partial charge in [0.1, 0.15) is 0 Å². The third kappa shape index (κ3) is 2.65. The van der Waals surface area contributed by atoms with E-state index in [0.29, 0.717) is 0 Å².